The Bertz CT molecular complexity index is 720. The Labute approximate surface area is 141 Å². The van der Waals surface area contributed by atoms with E-state index in [0.717, 1.165) is 49.9 Å². The third kappa shape index (κ3) is 3.13. The van der Waals surface area contributed by atoms with Crippen LogP contribution in [0.1, 0.15) is 25.7 Å². The molecule has 0 bridgehead atoms. The molecule has 6 nitrogen and oxygen atoms in total. The minimum absolute atomic E-state index is 0.105. The lowest BCUT2D eigenvalue weighted by Crippen LogP contribution is -2.53. The van der Waals surface area contributed by atoms with E-state index in [0.29, 0.717) is 6.04 Å². The highest BCUT2D eigenvalue weighted by Crippen LogP contribution is 2.22. The van der Waals surface area contributed by atoms with Crippen LogP contribution in [0.15, 0.2) is 30.7 Å². The number of urea groups is 1. The first-order chi connectivity index (χ1) is 11.8. The van der Waals surface area contributed by atoms with E-state index < -0.39 is 0 Å². The van der Waals surface area contributed by atoms with Gasteiger partial charge in [0.15, 0.2) is 0 Å². The molecule has 0 spiro atoms. The fourth-order valence-electron chi connectivity index (χ4n) is 3.67. The van der Waals surface area contributed by atoms with Gasteiger partial charge in [-0.1, -0.05) is 12.8 Å². The van der Waals surface area contributed by atoms with Crippen LogP contribution in [0.2, 0.25) is 0 Å². The van der Waals surface area contributed by atoms with E-state index in [-0.39, 0.29) is 6.03 Å². The average Bonchev–Trinajstić information content (AvgIpc) is 3.14. The van der Waals surface area contributed by atoms with Gasteiger partial charge in [-0.15, -0.1) is 0 Å². The number of hydrogen-bond donors (Lipinski definition) is 1. The lowest BCUT2D eigenvalue weighted by molar-refractivity contribution is 0.190. The molecule has 2 aliphatic rings. The first kappa shape index (κ1) is 15.2. The van der Waals surface area contributed by atoms with Gasteiger partial charge >= 0.3 is 6.03 Å². The van der Waals surface area contributed by atoms with Crippen molar-refractivity contribution in [2.45, 2.75) is 31.7 Å². The molecular weight excluding hydrogens is 302 g/mol. The van der Waals surface area contributed by atoms with Crippen LogP contribution in [-0.2, 0) is 0 Å². The number of aromatic nitrogens is 2. The number of amides is 2. The van der Waals surface area contributed by atoms with E-state index in [9.17, 15) is 4.79 Å². The molecule has 2 fully saturated rings. The summed E-state index contributed by atoms with van der Waals surface area (Å²) in [4.78, 5) is 25.0. The molecular formula is C18H23N5O. The summed E-state index contributed by atoms with van der Waals surface area (Å²) < 4.78 is 0. The van der Waals surface area contributed by atoms with Crippen LogP contribution in [0.3, 0.4) is 0 Å². The number of fused-ring (bicyclic) bond motifs is 1. The summed E-state index contributed by atoms with van der Waals surface area (Å²) in [7, 11) is 0. The summed E-state index contributed by atoms with van der Waals surface area (Å²) in [5.74, 6) is 0. The third-order valence-corrected chi connectivity index (χ3v) is 5.10. The number of piperazine rings is 1. The van der Waals surface area contributed by atoms with Crippen molar-refractivity contribution in [2.75, 3.05) is 31.1 Å². The predicted molar refractivity (Wildman–Crippen MR) is 94.1 cm³/mol. The van der Waals surface area contributed by atoms with E-state index in [1.165, 1.54) is 18.5 Å². The molecule has 1 saturated heterocycles. The zero-order valence-electron chi connectivity index (χ0n) is 13.8. The standard InChI is InChI=1S/C18H23N5O/c24-18(21-15-3-1-2-4-15)23-9-7-22(8-10-23)16-5-6-17-14(11-16)12-19-13-20-17/h5-6,11-13,15H,1-4,7-10H2,(H,21,24). The minimum atomic E-state index is 0.105. The van der Waals surface area contributed by atoms with Crippen molar-refractivity contribution in [3.63, 3.8) is 0 Å². The van der Waals surface area contributed by atoms with Crippen molar-refractivity contribution in [2.24, 2.45) is 0 Å². The maximum atomic E-state index is 12.4. The number of rotatable bonds is 2. The highest BCUT2D eigenvalue weighted by atomic mass is 16.2. The van der Waals surface area contributed by atoms with Crippen LogP contribution in [0.4, 0.5) is 10.5 Å². The first-order valence-corrected chi connectivity index (χ1v) is 8.80. The zero-order chi connectivity index (χ0) is 16.4. The van der Waals surface area contributed by atoms with Crippen molar-refractivity contribution in [1.82, 2.24) is 20.2 Å². The number of hydrogen-bond acceptors (Lipinski definition) is 4. The van der Waals surface area contributed by atoms with Crippen molar-refractivity contribution in [3.8, 4) is 0 Å². The van der Waals surface area contributed by atoms with Crippen molar-refractivity contribution < 1.29 is 4.79 Å². The van der Waals surface area contributed by atoms with Gasteiger partial charge in [0.05, 0.1) is 5.52 Å². The monoisotopic (exact) mass is 325 g/mol. The normalized spacial score (nSPS) is 19.0. The molecule has 6 heteroatoms. The van der Waals surface area contributed by atoms with E-state index in [1.807, 2.05) is 17.2 Å². The number of anilines is 1. The number of carbonyl (C=O) groups excluding carboxylic acids is 1. The van der Waals surface area contributed by atoms with Gasteiger partial charge in [0.1, 0.15) is 6.33 Å². The maximum absolute atomic E-state index is 12.4. The smallest absolute Gasteiger partial charge is 0.317 e. The Morgan fingerprint density at radius 2 is 1.92 bits per heavy atom. The summed E-state index contributed by atoms with van der Waals surface area (Å²) in [6.45, 7) is 3.25. The molecule has 1 aliphatic carbocycles. The number of nitrogens with one attached hydrogen (secondary N) is 1. The minimum Gasteiger partial charge on any atom is -0.368 e. The molecule has 2 aromatic rings. The molecule has 126 valence electrons. The van der Waals surface area contributed by atoms with Crippen LogP contribution in [0.5, 0.6) is 0 Å². The Morgan fingerprint density at radius 1 is 1.12 bits per heavy atom. The zero-order valence-corrected chi connectivity index (χ0v) is 13.8. The molecule has 1 aromatic heterocycles. The van der Waals surface area contributed by atoms with Gasteiger partial charge in [0.25, 0.3) is 0 Å². The number of nitrogens with zero attached hydrogens (tertiary/aromatic N) is 4. The van der Waals surface area contributed by atoms with E-state index >= 15 is 0 Å². The van der Waals surface area contributed by atoms with Gasteiger partial charge in [-0.3, -0.25) is 0 Å². The van der Waals surface area contributed by atoms with E-state index in [1.54, 1.807) is 6.33 Å². The highest BCUT2D eigenvalue weighted by molar-refractivity contribution is 5.81. The fraction of sp³-hybridized carbons (Fsp3) is 0.500. The topological polar surface area (TPSA) is 61.4 Å². The quantitative estimate of drug-likeness (QED) is 0.921. The lowest BCUT2D eigenvalue weighted by atomic mass is 10.2. The van der Waals surface area contributed by atoms with E-state index in [2.05, 4.69) is 32.3 Å². The Morgan fingerprint density at radius 3 is 2.71 bits per heavy atom. The Kier molecular flexibility index (Phi) is 4.19. The van der Waals surface area contributed by atoms with Crippen LogP contribution < -0.4 is 10.2 Å². The summed E-state index contributed by atoms with van der Waals surface area (Å²) in [6.07, 6.45) is 8.16. The molecule has 2 amide bonds. The molecule has 0 radical (unpaired) electrons. The van der Waals surface area contributed by atoms with E-state index in [4.69, 9.17) is 0 Å². The van der Waals surface area contributed by atoms with Crippen LogP contribution >= 0.6 is 0 Å². The molecule has 1 aliphatic heterocycles. The predicted octanol–water partition coefficient (Wildman–Crippen LogP) is 2.40. The average molecular weight is 325 g/mol. The highest BCUT2D eigenvalue weighted by Gasteiger charge is 2.24. The second kappa shape index (κ2) is 6.63. The Hall–Kier alpha value is -2.37. The van der Waals surface area contributed by atoms with Crippen LogP contribution in [-0.4, -0.2) is 53.1 Å². The van der Waals surface area contributed by atoms with Gasteiger partial charge < -0.3 is 15.1 Å². The molecule has 4 rings (SSSR count). The molecule has 0 atom stereocenters. The van der Waals surface area contributed by atoms with Gasteiger partial charge in [-0.05, 0) is 31.0 Å². The summed E-state index contributed by atoms with van der Waals surface area (Å²) >= 11 is 0. The Balaban J connectivity index is 1.37. The van der Waals surface area contributed by atoms with Crippen molar-refractivity contribution >= 4 is 22.6 Å². The number of benzene rings is 1. The van der Waals surface area contributed by atoms with Crippen LogP contribution in [0, 0.1) is 0 Å². The maximum Gasteiger partial charge on any atom is 0.317 e. The molecule has 24 heavy (non-hydrogen) atoms. The summed E-state index contributed by atoms with van der Waals surface area (Å²) in [5.41, 5.74) is 2.14. The van der Waals surface area contributed by atoms with Gasteiger partial charge in [0.2, 0.25) is 0 Å². The fourth-order valence-corrected chi connectivity index (χ4v) is 3.67. The largest absolute Gasteiger partial charge is 0.368 e. The molecule has 1 N–H and O–H groups in total. The second-order valence-corrected chi connectivity index (χ2v) is 6.67. The molecule has 1 saturated carbocycles. The third-order valence-electron chi connectivity index (χ3n) is 5.10. The number of carbonyl (C=O) groups is 1. The van der Waals surface area contributed by atoms with Gasteiger partial charge in [0, 0.05) is 49.5 Å². The van der Waals surface area contributed by atoms with Crippen molar-refractivity contribution in [1.29, 1.82) is 0 Å². The molecule has 2 heterocycles. The molecule has 1 aromatic carbocycles. The first-order valence-electron chi connectivity index (χ1n) is 8.80. The van der Waals surface area contributed by atoms with Gasteiger partial charge in [-0.2, -0.15) is 0 Å². The van der Waals surface area contributed by atoms with Gasteiger partial charge in [-0.25, -0.2) is 14.8 Å². The summed E-state index contributed by atoms with van der Waals surface area (Å²) in [6, 6.07) is 6.75. The summed E-state index contributed by atoms with van der Waals surface area (Å²) in [5, 5.41) is 4.23. The SMILES string of the molecule is O=C(NC1CCCC1)N1CCN(c2ccc3ncncc3c2)CC1. The lowest BCUT2D eigenvalue weighted by Gasteiger charge is -2.36. The van der Waals surface area contributed by atoms with Crippen molar-refractivity contribution in [3.05, 3.63) is 30.7 Å². The van der Waals surface area contributed by atoms with Crippen LogP contribution in [0.25, 0.3) is 10.9 Å². The second-order valence-electron chi connectivity index (χ2n) is 6.67. The molecule has 0 unspecified atom stereocenters.